The van der Waals surface area contributed by atoms with Crippen LogP contribution in [0.15, 0.2) is 24.3 Å². The van der Waals surface area contributed by atoms with E-state index in [-0.39, 0.29) is 10.7 Å². The molecule has 0 unspecified atom stereocenters. The van der Waals surface area contributed by atoms with Crippen molar-refractivity contribution in [3.63, 3.8) is 0 Å². The molecule has 1 aliphatic heterocycles. The second-order valence-electron chi connectivity index (χ2n) is 5.11. The van der Waals surface area contributed by atoms with Gasteiger partial charge in [0.25, 0.3) is 0 Å². The fraction of sp³-hybridized carbons (Fsp3) is 0.500. The molecule has 0 bridgehead atoms. The highest BCUT2D eigenvalue weighted by atomic mass is 32.2. The van der Waals surface area contributed by atoms with Gasteiger partial charge in [-0.05, 0) is 12.1 Å². The maximum atomic E-state index is 12.5. The summed E-state index contributed by atoms with van der Waals surface area (Å²) >= 11 is 4.99. The normalized spacial score (nSPS) is 17.8. The van der Waals surface area contributed by atoms with Crippen molar-refractivity contribution < 1.29 is 8.42 Å². The first-order valence-electron chi connectivity index (χ1n) is 7.02. The Morgan fingerprint density at radius 2 is 1.86 bits per heavy atom. The highest BCUT2D eigenvalue weighted by Gasteiger charge is 2.27. The molecule has 1 saturated heterocycles. The van der Waals surface area contributed by atoms with Crippen molar-refractivity contribution in [1.29, 1.82) is 0 Å². The first kappa shape index (κ1) is 16.4. The van der Waals surface area contributed by atoms with Gasteiger partial charge in [-0.25, -0.2) is 8.42 Å². The molecule has 21 heavy (non-hydrogen) atoms. The van der Waals surface area contributed by atoms with Gasteiger partial charge in [-0.1, -0.05) is 43.4 Å². The van der Waals surface area contributed by atoms with Crippen LogP contribution in [0.25, 0.3) is 0 Å². The van der Waals surface area contributed by atoms with E-state index in [9.17, 15) is 8.42 Å². The molecule has 2 N–H and O–H groups in total. The van der Waals surface area contributed by atoms with E-state index in [0.717, 1.165) is 19.6 Å². The van der Waals surface area contributed by atoms with Gasteiger partial charge in [0.1, 0.15) is 4.99 Å². The van der Waals surface area contributed by atoms with Crippen molar-refractivity contribution in [3.8, 4) is 0 Å². The predicted molar refractivity (Wildman–Crippen MR) is 88.6 cm³/mol. The quantitative estimate of drug-likeness (QED) is 0.810. The smallest absolute Gasteiger partial charge is 0.218 e. The first-order valence-corrected chi connectivity index (χ1v) is 9.03. The molecule has 1 aromatic rings. The van der Waals surface area contributed by atoms with Crippen LogP contribution in [0.3, 0.4) is 0 Å². The molecule has 5 nitrogen and oxygen atoms in total. The van der Waals surface area contributed by atoms with E-state index in [1.165, 1.54) is 0 Å². The topological polar surface area (TPSA) is 66.6 Å². The van der Waals surface area contributed by atoms with E-state index in [4.69, 9.17) is 18.0 Å². The fourth-order valence-electron chi connectivity index (χ4n) is 2.50. The van der Waals surface area contributed by atoms with Crippen molar-refractivity contribution in [2.45, 2.75) is 12.7 Å². The lowest BCUT2D eigenvalue weighted by Gasteiger charge is -2.33. The Morgan fingerprint density at radius 3 is 2.43 bits per heavy atom. The van der Waals surface area contributed by atoms with E-state index in [0.29, 0.717) is 24.2 Å². The number of hydrogen-bond acceptors (Lipinski definition) is 4. The Balaban J connectivity index is 2.13. The number of hydrogen-bond donors (Lipinski definition) is 1. The number of benzene rings is 1. The van der Waals surface area contributed by atoms with Crippen LogP contribution in [0.4, 0.5) is 0 Å². The molecule has 0 spiro atoms. The standard InChI is InChI=1S/C14H21N3O2S2/c1-2-16-7-9-17(10-8-16)21(18,19)11-12-5-3-4-6-13(12)14(15)20/h3-6H,2,7-11H2,1H3,(H2,15,20). The van der Waals surface area contributed by atoms with Crippen molar-refractivity contribution >= 4 is 27.2 Å². The summed E-state index contributed by atoms with van der Waals surface area (Å²) in [6.45, 7) is 5.71. The van der Waals surface area contributed by atoms with Crippen LogP contribution in [0, 0.1) is 0 Å². The number of sulfonamides is 1. The summed E-state index contributed by atoms with van der Waals surface area (Å²) < 4.78 is 26.7. The van der Waals surface area contributed by atoms with Gasteiger partial charge in [-0.2, -0.15) is 4.31 Å². The summed E-state index contributed by atoms with van der Waals surface area (Å²) in [5.74, 6) is -0.0490. The van der Waals surface area contributed by atoms with Crippen molar-refractivity contribution in [3.05, 3.63) is 35.4 Å². The Bertz CT molecular complexity index is 608. The molecule has 116 valence electrons. The minimum atomic E-state index is -3.33. The molecule has 0 radical (unpaired) electrons. The van der Waals surface area contributed by atoms with Gasteiger partial charge < -0.3 is 10.6 Å². The van der Waals surface area contributed by atoms with Crippen LogP contribution in [0.2, 0.25) is 0 Å². The maximum absolute atomic E-state index is 12.5. The minimum Gasteiger partial charge on any atom is -0.389 e. The zero-order chi connectivity index (χ0) is 15.5. The molecule has 2 rings (SSSR count). The van der Waals surface area contributed by atoms with Crippen molar-refractivity contribution in [2.75, 3.05) is 32.7 Å². The number of thiocarbonyl (C=S) groups is 1. The number of likely N-dealkylation sites (N-methyl/N-ethyl adjacent to an activating group) is 1. The molecule has 0 amide bonds. The fourth-order valence-corrected chi connectivity index (χ4v) is 4.24. The van der Waals surface area contributed by atoms with Crippen LogP contribution in [-0.4, -0.2) is 55.3 Å². The van der Waals surface area contributed by atoms with Gasteiger partial charge in [0.05, 0.1) is 5.75 Å². The van der Waals surface area contributed by atoms with Crippen LogP contribution in [0.5, 0.6) is 0 Å². The molecule has 0 aliphatic carbocycles. The predicted octanol–water partition coefficient (Wildman–Crippen LogP) is 0.788. The van der Waals surface area contributed by atoms with E-state index in [1.807, 2.05) is 12.1 Å². The summed E-state index contributed by atoms with van der Waals surface area (Å²) in [5, 5.41) is 0. The Hall–Kier alpha value is -1.02. The van der Waals surface area contributed by atoms with Gasteiger partial charge in [0, 0.05) is 31.7 Å². The molecule has 0 aromatic heterocycles. The second kappa shape index (κ2) is 6.83. The van der Waals surface area contributed by atoms with Gasteiger partial charge in [-0.15, -0.1) is 0 Å². The van der Waals surface area contributed by atoms with E-state index in [2.05, 4.69) is 11.8 Å². The second-order valence-corrected chi connectivity index (χ2v) is 7.52. The third-order valence-electron chi connectivity index (χ3n) is 3.79. The zero-order valence-electron chi connectivity index (χ0n) is 12.2. The Morgan fingerprint density at radius 1 is 1.24 bits per heavy atom. The molecule has 0 atom stereocenters. The van der Waals surface area contributed by atoms with Crippen LogP contribution >= 0.6 is 12.2 Å². The van der Waals surface area contributed by atoms with Gasteiger partial charge in [0.2, 0.25) is 10.0 Å². The molecule has 7 heteroatoms. The first-order chi connectivity index (χ1) is 9.94. The third kappa shape index (κ3) is 4.00. The largest absolute Gasteiger partial charge is 0.389 e. The average molecular weight is 327 g/mol. The number of piperazine rings is 1. The van der Waals surface area contributed by atoms with Crippen LogP contribution in [0.1, 0.15) is 18.1 Å². The summed E-state index contributed by atoms with van der Waals surface area (Å²) in [4.78, 5) is 2.48. The number of rotatable bonds is 5. The lowest BCUT2D eigenvalue weighted by molar-refractivity contribution is 0.196. The molecule has 1 aliphatic rings. The SMILES string of the molecule is CCN1CCN(S(=O)(=O)Cc2ccccc2C(N)=S)CC1. The number of nitrogens with two attached hydrogens (primary N) is 1. The molecule has 1 aromatic carbocycles. The van der Waals surface area contributed by atoms with E-state index < -0.39 is 10.0 Å². The summed E-state index contributed by atoms with van der Waals surface area (Å²) in [6, 6.07) is 7.16. The van der Waals surface area contributed by atoms with Gasteiger partial charge >= 0.3 is 0 Å². The van der Waals surface area contributed by atoms with Crippen LogP contribution < -0.4 is 5.73 Å². The molecule has 0 saturated carbocycles. The number of nitrogens with zero attached hydrogens (tertiary/aromatic N) is 2. The summed E-state index contributed by atoms with van der Waals surface area (Å²) in [6.07, 6.45) is 0. The lowest BCUT2D eigenvalue weighted by atomic mass is 10.1. The van der Waals surface area contributed by atoms with Gasteiger partial charge in [-0.3, -0.25) is 0 Å². The highest BCUT2D eigenvalue weighted by Crippen LogP contribution is 2.17. The minimum absolute atomic E-state index is 0.0490. The Kier molecular flexibility index (Phi) is 5.32. The zero-order valence-corrected chi connectivity index (χ0v) is 13.8. The van der Waals surface area contributed by atoms with Crippen LogP contribution in [-0.2, 0) is 15.8 Å². The highest BCUT2D eigenvalue weighted by molar-refractivity contribution is 7.88. The third-order valence-corrected chi connectivity index (χ3v) is 5.84. The molecule has 1 heterocycles. The Labute approximate surface area is 131 Å². The van der Waals surface area contributed by atoms with Crippen molar-refractivity contribution in [1.82, 2.24) is 9.21 Å². The molecule has 1 fully saturated rings. The summed E-state index contributed by atoms with van der Waals surface area (Å²) in [7, 11) is -3.33. The van der Waals surface area contributed by atoms with Crippen molar-refractivity contribution in [2.24, 2.45) is 5.73 Å². The maximum Gasteiger partial charge on any atom is 0.218 e. The van der Waals surface area contributed by atoms with E-state index in [1.54, 1.807) is 16.4 Å². The lowest BCUT2D eigenvalue weighted by Crippen LogP contribution is -2.48. The van der Waals surface area contributed by atoms with E-state index >= 15 is 0 Å². The average Bonchev–Trinajstić information content (AvgIpc) is 2.47. The summed E-state index contributed by atoms with van der Waals surface area (Å²) in [5.41, 5.74) is 6.98. The molecular formula is C14H21N3O2S2. The van der Waals surface area contributed by atoms with Gasteiger partial charge in [0.15, 0.2) is 0 Å². The monoisotopic (exact) mass is 327 g/mol. The molecular weight excluding hydrogens is 306 g/mol.